The van der Waals surface area contributed by atoms with Crippen LogP contribution in [-0.2, 0) is 9.53 Å². The highest BCUT2D eigenvalue weighted by molar-refractivity contribution is 5.85. The number of carbonyl (C=O) groups is 1. The van der Waals surface area contributed by atoms with E-state index in [0.717, 1.165) is 51.7 Å². The van der Waals surface area contributed by atoms with Gasteiger partial charge in [-0.05, 0) is 38.5 Å². The summed E-state index contributed by atoms with van der Waals surface area (Å²) in [6.45, 7) is 1.46. The molecule has 1 aliphatic carbocycles. The monoisotopic (exact) mass is 262 g/mol. The lowest BCUT2D eigenvalue weighted by Crippen LogP contribution is -2.44. The van der Waals surface area contributed by atoms with Gasteiger partial charge in [-0.15, -0.1) is 12.4 Å². The Morgan fingerprint density at radius 2 is 1.65 bits per heavy atom. The summed E-state index contributed by atoms with van der Waals surface area (Å²) in [4.78, 5) is 11.9. The smallest absolute Gasteiger partial charge is 0.223 e. The van der Waals surface area contributed by atoms with E-state index < -0.39 is 0 Å². The van der Waals surface area contributed by atoms with Crippen LogP contribution in [-0.4, -0.2) is 31.2 Å². The van der Waals surface area contributed by atoms with Gasteiger partial charge in [-0.2, -0.15) is 0 Å². The van der Waals surface area contributed by atoms with E-state index in [2.05, 4.69) is 5.32 Å². The van der Waals surface area contributed by atoms with Crippen LogP contribution in [0.3, 0.4) is 0 Å². The van der Waals surface area contributed by atoms with Crippen LogP contribution in [0.4, 0.5) is 0 Å². The van der Waals surface area contributed by atoms with Crippen LogP contribution >= 0.6 is 12.4 Å². The van der Waals surface area contributed by atoms with Gasteiger partial charge in [0.05, 0.1) is 0 Å². The second-order valence-corrected chi connectivity index (χ2v) is 5.01. The Bertz CT molecular complexity index is 237. The molecule has 0 aromatic rings. The van der Waals surface area contributed by atoms with Gasteiger partial charge in [-0.1, -0.05) is 0 Å². The number of rotatable bonds is 2. The molecule has 17 heavy (non-hydrogen) atoms. The van der Waals surface area contributed by atoms with Crippen LogP contribution in [0.2, 0.25) is 0 Å². The Kier molecular flexibility index (Phi) is 6.23. The van der Waals surface area contributed by atoms with Gasteiger partial charge in [0.15, 0.2) is 0 Å². The number of hydrogen-bond acceptors (Lipinski definition) is 3. The second kappa shape index (κ2) is 7.19. The van der Waals surface area contributed by atoms with Gasteiger partial charge in [0.2, 0.25) is 5.91 Å². The van der Waals surface area contributed by atoms with Crippen LogP contribution in [0, 0.1) is 5.92 Å². The molecule has 1 amide bonds. The average Bonchev–Trinajstić information content (AvgIpc) is 2.33. The third kappa shape index (κ3) is 4.45. The first-order valence-corrected chi connectivity index (χ1v) is 6.39. The maximum Gasteiger partial charge on any atom is 0.223 e. The number of nitrogens with one attached hydrogen (secondary N) is 1. The van der Waals surface area contributed by atoms with Gasteiger partial charge >= 0.3 is 0 Å². The molecule has 0 bridgehead atoms. The van der Waals surface area contributed by atoms with Crippen molar-refractivity contribution in [3.05, 3.63) is 0 Å². The van der Waals surface area contributed by atoms with Crippen molar-refractivity contribution in [3.8, 4) is 0 Å². The zero-order valence-electron chi connectivity index (χ0n) is 10.2. The maximum absolute atomic E-state index is 11.9. The molecule has 0 aromatic heterocycles. The molecule has 1 saturated carbocycles. The quantitative estimate of drug-likeness (QED) is 0.787. The van der Waals surface area contributed by atoms with Crippen molar-refractivity contribution < 1.29 is 9.53 Å². The fourth-order valence-electron chi connectivity index (χ4n) is 2.54. The van der Waals surface area contributed by atoms with Crippen molar-refractivity contribution >= 4 is 18.3 Å². The SMILES string of the molecule is Cl.NC1CCC(NC(=O)C2CCOCC2)CC1. The topological polar surface area (TPSA) is 64.3 Å². The normalized spacial score (nSPS) is 30.4. The maximum atomic E-state index is 11.9. The second-order valence-electron chi connectivity index (χ2n) is 5.01. The first-order valence-electron chi connectivity index (χ1n) is 6.39. The van der Waals surface area contributed by atoms with E-state index in [1.807, 2.05) is 0 Å². The minimum Gasteiger partial charge on any atom is -0.381 e. The molecule has 4 nitrogen and oxygen atoms in total. The van der Waals surface area contributed by atoms with Gasteiger partial charge in [-0.25, -0.2) is 0 Å². The van der Waals surface area contributed by atoms with Crippen molar-refractivity contribution in [2.24, 2.45) is 11.7 Å². The molecule has 1 aliphatic heterocycles. The molecule has 0 aromatic carbocycles. The third-order valence-electron chi connectivity index (χ3n) is 3.71. The number of nitrogens with two attached hydrogens (primary N) is 1. The van der Waals surface area contributed by atoms with Crippen LogP contribution in [0.15, 0.2) is 0 Å². The lowest BCUT2D eigenvalue weighted by Gasteiger charge is -2.29. The van der Waals surface area contributed by atoms with Crippen LogP contribution < -0.4 is 11.1 Å². The van der Waals surface area contributed by atoms with Crippen LogP contribution in [0.1, 0.15) is 38.5 Å². The van der Waals surface area contributed by atoms with Crippen molar-refractivity contribution in [2.45, 2.75) is 50.6 Å². The summed E-state index contributed by atoms with van der Waals surface area (Å²) < 4.78 is 5.26. The summed E-state index contributed by atoms with van der Waals surface area (Å²) in [6, 6.07) is 0.700. The molecule has 1 heterocycles. The minimum atomic E-state index is 0. The van der Waals surface area contributed by atoms with Gasteiger partial charge in [-0.3, -0.25) is 4.79 Å². The molecule has 2 aliphatic rings. The van der Waals surface area contributed by atoms with Crippen LogP contribution in [0.5, 0.6) is 0 Å². The number of carbonyl (C=O) groups excluding carboxylic acids is 1. The van der Waals surface area contributed by atoms with E-state index in [1.54, 1.807) is 0 Å². The first-order chi connectivity index (χ1) is 7.75. The molecule has 3 N–H and O–H groups in total. The molecule has 0 unspecified atom stereocenters. The molecule has 100 valence electrons. The fraction of sp³-hybridized carbons (Fsp3) is 0.917. The molecule has 0 radical (unpaired) electrons. The fourth-order valence-corrected chi connectivity index (χ4v) is 2.54. The van der Waals surface area contributed by atoms with E-state index in [9.17, 15) is 4.79 Å². The number of ether oxygens (including phenoxy) is 1. The number of amides is 1. The Labute approximate surface area is 109 Å². The highest BCUT2D eigenvalue weighted by Crippen LogP contribution is 2.19. The lowest BCUT2D eigenvalue weighted by atomic mass is 9.91. The average molecular weight is 263 g/mol. The summed E-state index contributed by atoms with van der Waals surface area (Å²) >= 11 is 0. The minimum absolute atomic E-state index is 0. The predicted molar refractivity (Wildman–Crippen MR) is 69.2 cm³/mol. The largest absolute Gasteiger partial charge is 0.381 e. The zero-order chi connectivity index (χ0) is 11.4. The summed E-state index contributed by atoms with van der Waals surface area (Å²) in [7, 11) is 0. The Hall–Kier alpha value is -0.320. The number of halogens is 1. The highest BCUT2D eigenvalue weighted by Gasteiger charge is 2.25. The summed E-state index contributed by atoms with van der Waals surface area (Å²) in [5.74, 6) is 0.396. The Morgan fingerprint density at radius 1 is 1.06 bits per heavy atom. The number of hydrogen-bond donors (Lipinski definition) is 2. The van der Waals surface area contributed by atoms with E-state index in [1.165, 1.54) is 0 Å². The summed E-state index contributed by atoms with van der Waals surface area (Å²) in [5.41, 5.74) is 5.84. The Balaban J connectivity index is 0.00000144. The van der Waals surface area contributed by atoms with E-state index in [-0.39, 0.29) is 24.2 Å². The van der Waals surface area contributed by atoms with Crippen molar-refractivity contribution in [1.82, 2.24) is 5.32 Å². The zero-order valence-corrected chi connectivity index (χ0v) is 11.0. The van der Waals surface area contributed by atoms with E-state index >= 15 is 0 Å². The summed E-state index contributed by atoms with van der Waals surface area (Å²) in [5, 5.41) is 3.16. The lowest BCUT2D eigenvalue weighted by molar-refractivity contribution is -0.128. The van der Waals surface area contributed by atoms with Gasteiger partial charge in [0.1, 0.15) is 0 Å². The van der Waals surface area contributed by atoms with Crippen molar-refractivity contribution in [3.63, 3.8) is 0 Å². The molecular weight excluding hydrogens is 240 g/mol. The predicted octanol–water partition coefficient (Wildman–Crippen LogP) is 1.22. The molecule has 0 atom stereocenters. The van der Waals surface area contributed by atoms with Gasteiger partial charge < -0.3 is 15.8 Å². The highest BCUT2D eigenvalue weighted by atomic mass is 35.5. The van der Waals surface area contributed by atoms with Crippen molar-refractivity contribution in [1.29, 1.82) is 0 Å². The van der Waals surface area contributed by atoms with Gasteiger partial charge in [0, 0.05) is 31.2 Å². The standard InChI is InChI=1S/C12H22N2O2.ClH/c13-10-1-3-11(4-2-10)14-12(15)9-5-7-16-8-6-9;/h9-11H,1-8,13H2,(H,14,15);1H. The van der Waals surface area contributed by atoms with Gasteiger partial charge in [0.25, 0.3) is 0 Å². The van der Waals surface area contributed by atoms with E-state index in [0.29, 0.717) is 12.1 Å². The Morgan fingerprint density at radius 3 is 2.24 bits per heavy atom. The summed E-state index contributed by atoms with van der Waals surface area (Å²) in [6.07, 6.45) is 5.90. The molecule has 0 spiro atoms. The molecular formula is C12H23ClN2O2. The molecule has 5 heteroatoms. The van der Waals surface area contributed by atoms with Crippen LogP contribution in [0.25, 0.3) is 0 Å². The molecule has 1 saturated heterocycles. The first kappa shape index (κ1) is 14.7. The molecule has 2 rings (SSSR count). The van der Waals surface area contributed by atoms with Crippen molar-refractivity contribution in [2.75, 3.05) is 13.2 Å². The third-order valence-corrected chi connectivity index (χ3v) is 3.71. The van der Waals surface area contributed by atoms with E-state index in [4.69, 9.17) is 10.5 Å². The molecule has 2 fully saturated rings.